The Bertz CT molecular complexity index is 534. The molecule has 0 amide bonds. The fourth-order valence-corrected chi connectivity index (χ4v) is 1.53. The highest BCUT2D eigenvalue weighted by molar-refractivity contribution is 6.35. The molecule has 0 radical (unpaired) electrons. The summed E-state index contributed by atoms with van der Waals surface area (Å²) in [5.41, 5.74) is 1.59. The van der Waals surface area contributed by atoms with Gasteiger partial charge in [0.25, 0.3) is 0 Å². The van der Waals surface area contributed by atoms with E-state index in [1.165, 1.54) is 6.08 Å². The molecule has 0 aliphatic carbocycles. The van der Waals surface area contributed by atoms with E-state index in [2.05, 4.69) is 0 Å². The van der Waals surface area contributed by atoms with Crippen LogP contribution in [0, 0.1) is 11.3 Å². The SMILES string of the molecule is N#C/C=C\c1ccc(Cl)c2occc12. The molecule has 2 aromatic rings. The number of hydrogen-bond donors (Lipinski definition) is 0. The molecular formula is C11H6ClNO. The first kappa shape index (κ1) is 8.86. The molecule has 1 aromatic heterocycles. The lowest BCUT2D eigenvalue weighted by Crippen LogP contribution is -1.74. The zero-order chi connectivity index (χ0) is 9.97. The van der Waals surface area contributed by atoms with E-state index in [9.17, 15) is 0 Å². The molecule has 0 aliphatic rings. The number of nitrogens with zero attached hydrogens (tertiary/aromatic N) is 1. The van der Waals surface area contributed by atoms with Crippen LogP contribution >= 0.6 is 11.6 Å². The Morgan fingerprint density at radius 3 is 3.00 bits per heavy atom. The summed E-state index contributed by atoms with van der Waals surface area (Å²) in [5, 5.41) is 9.92. The first-order valence-electron chi connectivity index (χ1n) is 4.05. The minimum atomic E-state index is 0.583. The highest BCUT2D eigenvalue weighted by atomic mass is 35.5. The molecule has 0 spiro atoms. The maximum absolute atomic E-state index is 8.42. The molecule has 0 atom stereocenters. The van der Waals surface area contributed by atoms with Crippen LogP contribution in [0.4, 0.5) is 0 Å². The maximum atomic E-state index is 8.42. The van der Waals surface area contributed by atoms with Gasteiger partial charge in [-0.1, -0.05) is 17.7 Å². The quantitative estimate of drug-likeness (QED) is 0.664. The van der Waals surface area contributed by atoms with E-state index in [0.717, 1.165) is 10.9 Å². The maximum Gasteiger partial charge on any atom is 0.153 e. The largest absolute Gasteiger partial charge is 0.463 e. The van der Waals surface area contributed by atoms with Crippen molar-refractivity contribution in [2.75, 3.05) is 0 Å². The zero-order valence-electron chi connectivity index (χ0n) is 7.20. The van der Waals surface area contributed by atoms with Crippen LogP contribution in [-0.4, -0.2) is 0 Å². The predicted octanol–water partition coefficient (Wildman–Crippen LogP) is 3.62. The highest BCUT2D eigenvalue weighted by Gasteiger charge is 2.04. The Hall–Kier alpha value is -1.72. The molecule has 0 bridgehead atoms. The third-order valence-corrected chi connectivity index (χ3v) is 2.24. The minimum Gasteiger partial charge on any atom is -0.463 e. The van der Waals surface area contributed by atoms with Crippen LogP contribution < -0.4 is 0 Å². The van der Waals surface area contributed by atoms with Gasteiger partial charge in [-0.05, 0) is 23.8 Å². The smallest absolute Gasteiger partial charge is 0.153 e. The van der Waals surface area contributed by atoms with Crippen molar-refractivity contribution in [2.45, 2.75) is 0 Å². The lowest BCUT2D eigenvalue weighted by molar-refractivity contribution is 0.616. The van der Waals surface area contributed by atoms with Gasteiger partial charge in [-0.2, -0.15) is 5.26 Å². The molecule has 0 saturated carbocycles. The van der Waals surface area contributed by atoms with E-state index in [1.807, 2.05) is 18.2 Å². The number of rotatable bonds is 1. The molecule has 14 heavy (non-hydrogen) atoms. The number of allylic oxidation sites excluding steroid dienone is 1. The van der Waals surface area contributed by atoms with Crippen LogP contribution in [-0.2, 0) is 0 Å². The van der Waals surface area contributed by atoms with Crippen molar-refractivity contribution in [3.8, 4) is 6.07 Å². The van der Waals surface area contributed by atoms with E-state index in [4.69, 9.17) is 21.3 Å². The van der Waals surface area contributed by atoms with E-state index < -0.39 is 0 Å². The van der Waals surface area contributed by atoms with Gasteiger partial charge in [0.15, 0.2) is 5.58 Å². The van der Waals surface area contributed by atoms with Crippen LogP contribution in [0.5, 0.6) is 0 Å². The number of furan rings is 1. The van der Waals surface area contributed by atoms with Crippen molar-refractivity contribution in [3.05, 3.63) is 41.1 Å². The molecule has 0 unspecified atom stereocenters. The number of hydrogen-bond acceptors (Lipinski definition) is 2. The van der Waals surface area contributed by atoms with Gasteiger partial charge in [0.1, 0.15) is 0 Å². The van der Waals surface area contributed by atoms with Crippen molar-refractivity contribution >= 4 is 28.6 Å². The van der Waals surface area contributed by atoms with Crippen LogP contribution in [0.25, 0.3) is 17.0 Å². The molecule has 1 heterocycles. The molecule has 68 valence electrons. The highest BCUT2D eigenvalue weighted by Crippen LogP contribution is 2.28. The van der Waals surface area contributed by atoms with E-state index >= 15 is 0 Å². The molecule has 2 nitrogen and oxygen atoms in total. The van der Waals surface area contributed by atoms with Gasteiger partial charge in [-0.25, -0.2) is 0 Å². The Morgan fingerprint density at radius 1 is 1.36 bits per heavy atom. The Morgan fingerprint density at radius 2 is 2.21 bits per heavy atom. The summed E-state index contributed by atoms with van der Waals surface area (Å²) in [6, 6.07) is 7.38. The van der Waals surface area contributed by atoms with Gasteiger partial charge in [0, 0.05) is 11.5 Å². The van der Waals surface area contributed by atoms with Gasteiger partial charge in [-0.15, -0.1) is 0 Å². The first-order valence-corrected chi connectivity index (χ1v) is 4.42. The zero-order valence-corrected chi connectivity index (χ0v) is 7.95. The predicted molar refractivity (Wildman–Crippen MR) is 55.9 cm³/mol. The summed E-state index contributed by atoms with van der Waals surface area (Å²) in [5.74, 6) is 0. The van der Waals surface area contributed by atoms with Gasteiger partial charge < -0.3 is 4.42 Å². The molecule has 1 aromatic carbocycles. The van der Waals surface area contributed by atoms with Crippen molar-refractivity contribution in [1.82, 2.24) is 0 Å². The molecule has 2 rings (SSSR count). The Labute approximate surface area is 86.0 Å². The van der Waals surface area contributed by atoms with E-state index in [1.54, 1.807) is 18.4 Å². The van der Waals surface area contributed by atoms with Gasteiger partial charge in [-0.3, -0.25) is 0 Å². The number of halogens is 1. The summed E-state index contributed by atoms with van der Waals surface area (Å²) >= 11 is 5.92. The van der Waals surface area contributed by atoms with Crippen LogP contribution in [0.1, 0.15) is 5.56 Å². The summed E-state index contributed by atoms with van der Waals surface area (Å²) < 4.78 is 5.22. The monoisotopic (exact) mass is 203 g/mol. The van der Waals surface area contributed by atoms with Gasteiger partial charge in [0.2, 0.25) is 0 Å². The van der Waals surface area contributed by atoms with Crippen molar-refractivity contribution in [1.29, 1.82) is 5.26 Å². The normalized spacial score (nSPS) is 10.9. The molecule has 0 saturated heterocycles. The average Bonchev–Trinajstić information content (AvgIpc) is 2.66. The van der Waals surface area contributed by atoms with Crippen molar-refractivity contribution in [3.63, 3.8) is 0 Å². The van der Waals surface area contributed by atoms with Crippen molar-refractivity contribution in [2.24, 2.45) is 0 Å². The topological polar surface area (TPSA) is 36.9 Å². The first-order chi connectivity index (χ1) is 6.83. The standard InChI is InChI=1S/C11H6ClNO/c12-10-4-3-8(2-1-6-13)9-5-7-14-11(9)10/h1-5,7H/b2-1-. The number of nitriles is 1. The second-order valence-electron chi connectivity index (χ2n) is 2.76. The van der Waals surface area contributed by atoms with E-state index in [-0.39, 0.29) is 0 Å². The second-order valence-corrected chi connectivity index (χ2v) is 3.17. The summed E-state index contributed by atoms with van der Waals surface area (Å²) in [7, 11) is 0. The second kappa shape index (κ2) is 3.57. The Kier molecular flexibility index (Phi) is 2.26. The third-order valence-electron chi connectivity index (χ3n) is 1.94. The molecule has 0 fully saturated rings. The van der Waals surface area contributed by atoms with Crippen LogP contribution in [0.15, 0.2) is 35.0 Å². The number of fused-ring (bicyclic) bond motifs is 1. The van der Waals surface area contributed by atoms with Crippen molar-refractivity contribution < 1.29 is 4.42 Å². The minimum absolute atomic E-state index is 0.583. The summed E-state index contributed by atoms with van der Waals surface area (Å²) in [6.07, 6.45) is 4.74. The molecule has 0 N–H and O–H groups in total. The lowest BCUT2D eigenvalue weighted by atomic mass is 10.1. The fraction of sp³-hybridized carbons (Fsp3) is 0. The molecule has 3 heteroatoms. The molecular weight excluding hydrogens is 198 g/mol. The van der Waals surface area contributed by atoms with Gasteiger partial charge in [0.05, 0.1) is 17.4 Å². The van der Waals surface area contributed by atoms with E-state index in [0.29, 0.717) is 10.6 Å². The van der Waals surface area contributed by atoms with Gasteiger partial charge >= 0.3 is 0 Å². The lowest BCUT2D eigenvalue weighted by Gasteiger charge is -1.96. The fourth-order valence-electron chi connectivity index (χ4n) is 1.32. The summed E-state index contributed by atoms with van der Waals surface area (Å²) in [4.78, 5) is 0. The average molecular weight is 204 g/mol. The van der Waals surface area contributed by atoms with Crippen LogP contribution in [0.2, 0.25) is 5.02 Å². The summed E-state index contributed by atoms with van der Waals surface area (Å²) in [6.45, 7) is 0. The molecule has 0 aliphatic heterocycles. The van der Waals surface area contributed by atoms with Crippen LogP contribution in [0.3, 0.4) is 0 Å². The third kappa shape index (κ3) is 1.39. The Balaban J connectivity index is 2.68. The number of benzene rings is 1.